The summed E-state index contributed by atoms with van der Waals surface area (Å²) in [5.74, 6) is 6.90. The molecule has 0 radical (unpaired) electrons. The molecule has 0 aliphatic heterocycles. The summed E-state index contributed by atoms with van der Waals surface area (Å²) in [6.07, 6.45) is 2.44. The van der Waals surface area contributed by atoms with Crippen molar-refractivity contribution in [3.8, 4) is 17.7 Å². The number of nitrogens with one attached hydrogen (secondary N) is 1. The molecule has 0 saturated heterocycles. The summed E-state index contributed by atoms with van der Waals surface area (Å²) in [4.78, 5) is 8.13. The summed E-state index contributed by atoms with van der Waals surface area (Å²) in [6, 6.07) is 1.71. The van der Waals surface area contributed by atoms with Gasteiger partial charge in [0.1, 0.15) is 0 Å². The molecule has 1 heterocycles. The van der Waals surface area contributed by atoms with Gasteiger partial charge in [-0.15, -0.1) is 11.8 Å². The van der Waals surface area contributed by atoms with E-state index in [1.54, 1.807) is 19.4 Å². The Bertz CT molecular complexity index is 341. The Labute approximate surface area is 83.7 Å². The van der Waals surface area contributed by atoms with Crippen molar-refractivity contribution >= 4 is 5.95 Å². The SMILES string of the molecule is CC#CCCNc1nccc(OC)n1. The van der Waals surface area contributed by atoms with Crippen LogP contribution in [0.5, 0.6) is 5.88 Å². The molecule has 1 aromatic rings. The van der Waals surface area contributed by atoms with Crippen LogP contribution in [0.2, 0.25) is 0 Å². The lowest BCUT2D eigenvalue weighted by Crippen LogP contribution is -2.04. The lowest BCUT2D eigenvalue weighted by molar-refractivity contribution is 0.397. The molecule has 0 fully saturated rings. The number of rotatable bonds is 4. The first-order valence-electron chi connectivity index (χ1n) is 4.37. The van der Waals surface area contributed by atoms with Crippen LogP contribution in [0.3, 0.4) is 0 Å². The third-order valence-electron chi connectivity index (χ3n) is 1.55. The first-order chi connectivity index (χ1) is 6.86. The van der Waals surface area contributed by atoms with Gasteiger partial charge in [-0.05, 0) is 6.92 Å². The van der Waals surface area contributed by atoms with Crippen LogP contribution in [0.15, 0.2) is 12.3 Å². The minimum Gasteiger partial charge on any atom is -0.481 e. The zero-order chi connectivity index (χ0) is 10.2. The van der Waals surface area contributed by atoms with E-state index in [1.165, 1.54) is 0 Å². The average Bonchev–Trinajstić information content (AvgIpc) is 2.25. The van der Waals surface area contributed by atoms with Crippen LogP contribution in [-0.4, -0.2) is 23.6 Å². The van der Waals surface area contributed by atoms with Crippen LogP contribution in [0.25, 0.3) is 0 Å². The number of ether oxygens (including phenoxy) is 1. The molecule has 0 amide bonds. The molecule has 1 N–H and O–H groups in total. The maximum atomic E-state index is 4.96. The normalized spacial score (nSPS) is 8.71. The quantitative estimate of drug-likeness (QED) is 0.575. The van der Waals surface area contributed by atoms with Gasteiger partial charge in [-0.3, -0.25) is 0 Å². The molecule has 1 aromatic heterocycles. The molecule has 74 valence electrons. The summed E-state index contributed by atoms with van der Waals surface area (Å²) in [5.41, 5.74) is 0. The van der Waals surface area contributed by atoms with Gasteiger partial charge in [0.2, 0.25) is 11.8 Å². The third kappa shape index (κ3) is 3.31. The van der Waals surface area contributed by atoms with E-state index >= 15 is 0 Å². The monoisotopic (exact) mass is 191 g/mol. The second kappa shape index (κ2) is 5.81. The van der Waals surface area contributed by atoms with Crippen LogP contribution in [0.1, 0.15) is 13.3 Å². The molecule has 1 rings (SSSR count). The lowest BCUT2D eigenvalue weighted by Gasteiger charge is -2.03. The van der Waals surface area contributed by atoms with Gasteiger partial charge in [-0.1, -0.05) is 0 Å². The number of hydrogen-bond acceptors (Lipinski definition) is 4. The number of anilines is 1. The van der Waals surface area contributed by atoms with Crippen LogP contribution in [0.4, 0.5) is 5.95 Å². The molecular formula is C10H13N3O. The Morgan fingerprint density at radius 1 is 1.57 bits per heavy atom. The maximum Gasteiger partial charge on any atom is 0.225 e. The molecule has 14 heavy (non-hydrogen) atoms. The van der Waals surface area contributed by atoms with Gasteiger partial charge < -0.3 is 10.1 Å². The maximum absolute atomic E-state index is 4.96. The van der Waals surface area contributed by atoms with E-state index in [9.17, 15) is 0 Å². The number of hydrogen-bond donors (Lipinski definition) is 1. The van der Waals surface area contributed by atoms with Gasteiger partial charge in [0.05, 0.1) is 7.11 Å². The van der Waals surface area contributed by atoms with E-state index in [0.29, 0.717) is 11.8 Å². The summed E-state index contributed by atoms with van der Waals surface area (Å²) in [7, 11) is 1.58. The number of aromatic nitrogens is 2. The Kier molecular flexibility index (Phi) is 4.29. The van der Waals surface area contributed by atoms with Crippen molar-refractivity contribution in [1.29, 1.82) is 0 Å². The Morgan fingerprint density at radius 3 is 3.14 bits per heavy atom. The Hall–Kier alpha value is -1.76. The lowest BCUT2D eigenvalue weighted by atomic mass is 10.4. The van der Waals surface area contributed by atoms with Gasteiger partial charge in [-0.2, -0.15) is 4.98 Å². The van der Waals surface area contributed by atoms with Gasteiger partial charge in [0, 0.05) is 25.2 Å². The van der Waals surface area contributed by atoms with Crippen molar-refractivity contribution in [2.75, 3.05) is 19.0 Å². The highest BCUT2D eigenvalue weighted by atomic mass is 16.5. The molecule has 0 aromatic carbocycles. The van der Waals surface area contributed by atoms with Crippen molar-refractivity contribution in [3.63, 3.8) is 0 Å². The highest BCUT2D eigenvalue weighted by molar-refractivity contribution is 5.27. The van der Waals surface area contributed by atoms with E-state index in [0.717, 1.165) is 13.0 Å². The molecule has 0 bridgehead atoms. The second-order valence-corrected chi connectivity index (χ2v) is 2.53. The summed E-state index contributed by atoms with van der Waals surface area (Å²) >= 11 is 0. The predicted molar refractivity (Wildman–Crippen MR) is 55.1 cm³/mol. The van der Waals surface area contributed by atoms with E-state index in [4.69, 9.17) is 4.74 Å². The van der Waals surface area contributed by atoms with E-state index in [-0.39, 0.29) is 0 Å². The Balaban J connectivity index is 2.44. The zero-order valence-corrected chi connectivity index (χ0v) is 8.37. The molecule has 0 saturated carbocycles. The smallest absolute Gasteiger partial charge is 0.225 e. The van der Waals surface area contributed by atoms with Gasteiger partial charge in [0.15, 0.2) is 0 Å². The first-order valence-corrected chi connectivity index (χ1v) is 4.37. The molecule has 4 nitrogen and oxygen atoms in total. The van der Waals surface area contributed by atoms with Crippen molar-refractivity contribution < 1.29 is 4.74 Å². The van der Waals surface area contributed by atoms with E-state index in [2.05, 4.69) is 27.1 Å². The van der Waals surface area contributed by atoms with Gasteiger partial charge in [0.25, 0.3) is 0 Å². The summed E-state index contributed by atoms with van der Waals surface area (Å²) in [6.45, 7) is 2.57. The van der Waals surface area contributed by atoms with E-state index in [1.807, 2.05) is 6.92 Å². The van der Waals surface area contributed by atoms with E-state index < -0.39 is 0 Å². The fourth-order valence-corrected chi connectivity index (χ4v) is 0.903. The highest BCUT2D eigenvalue weighted by Gasteiger charge is 1.96. The minimum atomic E-state index is 0.559. The van der Waals surface area contributed by atoms with Crippen LogP contribution in [0, 0.1) is 11.8 Å². The Morgan fingerprint density at radius 2 is 2.43 bits per heavy atom. The third-order valence-corrected chi connectivity index (χ3v) is 1.55. The molecule has 0 spiro atoms. The minimum absolute atomic E-state index is 0.559. The van der Waals surface area contributed by atoms with Gasteiger partial charge in [-0.25, -0.2) is 4.98 Å². The predicted octanol–water partition coefficient (Wildman–Crippen LogP) is 1.31. The standard InChI is InChI=1S/C10H13N3O/c1-3-4-5-7-11-10-12-8-6-9(13-10)14-2/h6,8H,5,7H2,1-2H3,(H,11,12,13). The molecule has 0 aliphatic rings. The van der Waals surface area contributed by atoms with Crippen molar-refractivity contribution in [3.05, 3.63) is 12.3 Å². The highest BCUT2D eigenvalue weighted by Crippen LogP contribution is 2.06. The summed E-state index contributed by atoms with van der Waals surface area (Å²) < 4.78 is 4.96. The first kappa shape index (κ1) is 10.3. The van der Waals surface area contributed by atoms with Crippen LogP contribution >= 0.6 is 0 Å². The summed E-state index contributed by atoms with van der Waals surface area (Å²) in [5, 5.41) is 3.05. The van der Waals surface area contributed by atoms with Crippen LogP contribution < -0.4 is 10.1 Å². The fourth-order valence-electron chi connectivity index (χ4n) is 0.903. The zero-order valence-electron chi connectivity index (χ0n) is 8.37. The number of methoxy groups -OCH3 is 1. The topological polar surface area (TPSA) is 47.0 Å². The van der Waals surface area contributed by atoms with Crippen molar-refractivity contribution in [2.45, 2.75) is 13.3 Å². The molecule has 0 aliphatic carbocycles. The molecular weight excluding hydrogens is 178 g/mol. The number of nitrogens with zero attached hydrogens (tertiary/aromatic N) is 2. The fraction of sp³-hybridized carbons (Fsp3) is 0.400. The molecule has 0 atom stereocenters. The van der Waals surface area contributed by atoms with Crippen molar-refractivity contribution in [1.82, 2.24) is 9.97 Å². The largest absolute Gasteiger partial charge is 0.481 e. The van der Waals surface area contributed by atoms with Crippen molar-refractivity contribution in [2.24, 2.45) is 0 Å². The van der Waals surface area contributed by atoms with Gasteiger partial charge >= 0.3 is 0 Å². The van der Waals surface area contributed by atoms with Crippen LogP contribution in [-0.2, 0) is 0 Å². The average molecular weight is 191 g/mol. The second-order valence-electron chi connectivity index (χ2n) is 2.53. The molecule has 0 unspecified atom stereocenters. The molecule has 4 heteroatoms.